The fourth-order valence-electron chi connectivity index (χ4n) is 6.36. The number of sulfone groups is 1. The van der Waals surface area contributed by atoms with Crippen molar-refractivity contribution in [3.05, 3.63) is 72.1 Å². The number of benzene rings is 2. The van der Waals surface area contributed by atoms with Crippen molar-refractivity contribution in [1.82, 2.24) is 30.8 Å². The first-order valence-corrected chi connectivity index (χ1v) is 19.0. The predicted molar refractivity (Wildman–Crippen MR) is 191 cm³/mol. The van der Waals surface area contributed by atoms with Gasteiger partial charge in [0.05, 0.1) is 25.5 Å². The topological polar surface area (TPSA) is 165 Å². The van der Waals surface area contributed by atoms with E-state index in [1.807, 2.05) is 79.7 Å². The molecule has 49 heavy (non-hydrogen) atoms. The molecule has 4 aromatic rings. The van der Waals surface area contributed by atoms with E-state index >= 15 is 0 Å². The monoisotopic (exact) mass is 692 g/mol. The van der Waals surface area contributed by atoms with E-state index in [1.165, 1.54) is 6.26 Å². The molecule has 5 N–H and O–H groups in total. The molecule has 2 aromatic carbocycles. The number of fused-ring (bicyclic) bond motifs is 2. The van der Waals surface area contributed by atoms with Crippen molar-refractivity contribution < 1.29 is 27.5 Å². The first-order valence-electron chi connectivity index (χ1n) is 16.9. The number of carbonyl (C=O) groups is 3. The van der Waals surface area contributed by atoms with Crippen LogP contribution < -0.4 is 16.0 Å². The van der Waals surface area contributed by atoms with E-state index in [9.17, 15) is 22.8 Å². The number of ether oxygens (including phenoxy) is 1. The van der Waals surface area contributed by atoms with Crippen molar-refractivity contribution >= 4 is 49.4 Å². The number of hydrogen-bond donors (Lipinski definition) is 5. The molecule has 264 valence electrons. The molecule has 1 saturated heterocycles. The molecule has 0 aliphatic carbocycles. The summed E-state index contributed by atoms with van der Waals surface area (Å²) in [6, 6.07) is 13.2. The Hall–Kier alpha value is -4.20. The molecule has 3 amide bonds. The van der Waals surface area contributed by atoms with Crippen LogP contribution in [0.4, 0.5) is 0 Å². The molecule has 0 unspecified atom stereocenters. The number of aromatic nitrogens is 2. The number of aromatic amines is 2. The number of carbonyl (C=O) groups excluding carboxylic acids is 3. The Morgan fingerprint density at radius 3 is 1.98 bits per heavy atom. The number of rotatable bonds is 16. The smallest absolute Gasteiger partial charge is 0.243 e. The average molecular weight is 693 g/mol. The molecule has 1 aliphatic heterocycles. The number of nitrogens with zero attached hydrogens (tertiary/aromatic N) is 1. The summed E-state index contributed by atoms with van der Waals surface area (Å²) in [6.45, 7) is 6.41. The van der Waals surface area contributed by atoms with Gasteiger partial charge in [0, 0.05) is 66.0 Å². The summed E-state index contributed by atoms with van der Waals surface area (Å²) in [7, 11) is -3.29. The minimum absolute atomic E-state index is 0.0575. The van der Waals surface area contributed by atoms with Crippen molar-refractivity contribution in [3.8, 4) is 0 Å². The number of morpholine rings is 1. The van der Waals surface area contributed by atoms with Crippen molar-refractivity contribution in [2.45, 2.75) is 57.7 Å². The van der Waals surface area contributed by atoms with Crippen molar-refractivity contribution in [2.24, 2.45) is 5.92 Å². The van der Waals surface area contributed by atoms with Gasteiger partial charge in [0.15, 0.2) is 0 Å². The van der Waals surface area contributed by atoms with E-state index in [2.05, 4.69) is 25.9 Å². The Morgan fingerprint density at radius 1 is 0.816 bits per heavy atom. The molecule has 0 saturated carbocycles. The van der Waals surface area contributed by atoms with Gasteiger partial charge in [-0.25, -0.2) is 8.42 Å². The summed E-state index contributed by atoms with van der Waals surface area (Å²) < 4.78 is 29.7. The number of para-hydroxylation sites is 2. The lowest BCUT2D eigenvalue weighted by molar-refractivity contribution is -0.133. The van der Waals surface area contributed by atoms with Crippen LogP contribution in [-0.2, 0) is 41.8 Å². The highest BCUT2D eigenvalue weighted by atomic mass is 32.2. The number of hydrogen-bond acceptors (Lipinski definition) is 7. The maximum Gasteiger partial charge on any atom is 0.243 e. The van der Waals surface area contributed by atoms with Crippen LogP contribution in [0.5, 0.6) is 0 Å². The average Bonchev–Trinajstić information content (AvgIpc) is 3.67. The minimum Gasteiger partial charge on any atom is -0.379 e. The highest BCUT2D eigenvalue weighted by Gasteiger charge is 2.30. The van der Waals surface area contributed by atoms with E-state index in [4.69, 9.17) is 4.74 Å². The van der Waals surface area contributed by atoms with Gasteiger partial charge in [-0.15, -0.1) is 0 Å². The fourth-order valence-corrected chi connectivity index (χ4v) is 7.07. The second-order valence-corrected chi connectivity index (χ2v) is 15.7. The lowest BCUT2D eigenvalue weighted by Gasteiger charge is -2.28. The Morgan fingerprint density at radius 2 is 1.39 bits per heavy atom. The van der Waals surface area contributed by atoms with Crippen LogP contribution in [0.2, 0.25) is 0 Å². The van der Waals surface area contributed by atoms with Gasteiger partial charge in [-0.05, 0) is 48.4 Å². The SMILES string of the molecule is CC(C)C[C@H](NC(=O)[C@H](Cc1c[nH]c2ccccc12)NC(=O)CN1CCOCC1)C(=O)N[C@H](CCS(C)(=O)=O)Cc1c[nH]c2ccccc12. The van der Waals surface area contributed by atoms with Crippen LogP contribution in [0.3, 0.4) is 0 Å². The van der Waals surface area contributed by atoms with Gasteiger partial charge in [-0.2, -0.15) is 0 Å². The van der Waals surface area contributed by atoms with Crippen LogP contribution in [-0.4, -0.2) is 104 Å². The van der Waals surface area contributed by atoms with Crippen LogP contribution in [0, 0.1) is 5.92 Å². The molecule has 1 fully saturated rings. The molecule has 2 aromatic heterocycles. The lowest BCUT2D eigenvalue weighted by Crippen LogP contribution is -2.57. The summed E-state index contributed by atoms with van der Waals surface area (Å²) in [5, 5.41) is 10.9. The Labute approximate surface area is 287 Å². The van der Waals surface area contributed by atoms with E-state index in [-0.39, 0.29) is 37.0 Å². The van der Waals surface area contributed by atoms with Crippen molar-refractivity contribution in [3.63, 3.8) is 0 Å². The number of nitrogens with one attached hydrogen (secondary N) is 5. The fraction of sp³-hybridized carbons (Fsp3) is 0.472. The Balaban J connectivity index is 1.34. The zero-order valence-corrected chi connectivity index (χ0v) is 29.3. The molecule has 0 bridgehead atoms. The quantitative estimate of drug-likeness (QED) is 0.121. The summed E-state index contributed by atoms with van der Waals surface area (Å²) in [5.41, 5.74) is 3.70. The summed E-state index contributed by atoms with van der Waals surface area (Å²) in [6.07, 6.45) is 6.10. The molecule has 13 heteroatoms. The second kappa shape index (κ2) is 16.5. The highest BCUT2D eigenvalue weighted by Crippen LogP contribution is 2.21. The molecule has 1 aliphatic rings. The molecule has 3 atom stereocenters. The summed E-state index contributed by atoms with van der Waals surface area (Å²) in [5.74, 6) is -1.19. The van der Waals surface area contributed by atoms with Gasteiger partial charge in [0.2, 0.25) is 17.7 Å². The molecule has 0 spiro atoms. The van der Waals surface area contributed by atoms with Crippen molar-refractivity contribution in [2.75, 3.05) is 44.9 Å². The van der Waals surface area contributed by atoms with E-state index in [1.54, 1.807) is 0 Å². The zero-order valence-electron chi connectivity index (χ0n) is 28.5. The predicted octanol–water partition coefficient (Wildman–Crippen LogP) is 2.70. The molecule has 3 heterocycles. The number of amides is 3. The largest absolute Gasteiger partial charge is 0.379 e. The normalized spacial score (nSPS) is 16.0. The lowest BCUT2D eigenvalue weighted by atomic mass is 9.99. The molecule has 12 nitrogen and oxygen atoms in total. The second-order valence-electron chi connectivity index (χ2n) is 13.5. The zero-order chi connectivity index (χ0) is 35.0. The van der Waals surface area contributed by atoms with Crippen LogP contribution in [0.1, 0.15) is 37.8 Å². The van der Waals surface area contributed by atoms with E-state index < -0.39 is 39.8 Å². The third kappa shape index (κ3) is 10.4. The molecular formula is C36H48N6O6S. The van der Waals surface area contributed by atoms with Gasteiger partial charge >= 0.3 is 0 Å². The maximum absolute atomic E-state index is 14.0. The van der Waals surface area contributed by atoms with E-state index in [0.29, 0.717) is 39.1 Å². The van der Waals surface area contributed by atoms with Gasteiger partial charge < -0.3 is 30.7 Å². The molecular weight excluding hydrogens is 644 g/mol. The third-order valence-corrected chi connectivity index (χ3v) is 9.86. The summed E-state index contributed by atoms with van der Waals surface area (Å²) in [4.78, 5) is 49.7. The first kappa shape index (κ1) is 36.1. The van der Waals surface area contributed by atoms with Crippen LogP contribution in [0.25, 0.3) is 21.8 Å². The maximum atomic E-state index is 14.0. The van der Waals surface area contributed by atoms with Gasteiger partial charge in [-0.1, -0.05) is 50.2 Å². The van der Waals surface area contributed by atoms with Gasteiger partial charge in [-0.3, -0.25) is 19.3 Å². The number of H-pyrrole nitrogens is 2. The Bertz CT molecular complexity index is 1840. The first-order chi connectivity index (χ1) is 23.4. The van der Waals surface area contributed by atoms with Crippen LogP contribution >= 0.6 is 0 Å². The van der Waals surface area contributed by atoms with Crippen molar-refractivity contribution in [1.29, 1.82) is 0 Å². The van der Waals surface area contributed by atoms with Gasteiger partial charge in [0.25, 0.3) is 0 Å². The van der Waals surface area contributed by atoms with E-state index in [0.717, 1.165) is 32.9 Å². The minimum atomic E-state index is -3.29. The summed E-state index contributed by atoms with van der Waals surface area (Å²) >= 11 is 0. The third-order valence-electron chi connectivity index (χ3n) is 8.89. The molecule has 0 radical (unpaired) electrons. The highest BCUT2D eigenvalue weighted by molar-refractivity contribution is 7.90. The standard InChI is InChI=1S/C36H48N6O6S/c1-24(2)18-32(35(44)39-27(12-17-49(3,46)47)19-25-21-37-30-10-6-4-8-28(25)30)41-36(45)33(40-34(43)23-42-13-15-48-16-14-42)20-26-22-38-31-11-7-5-9-29(26)31/h4-11,21-22,24,27,32-33,37-38H,12-20,23H2,1-3H3,(H,39,44)(H,40,43)(H,41,45)/t27-,32+,33+/m1/s1. The Kier molecular flexibility index (Phi) is 12.1. The molecule has 5 rings (SSSR count). The van der Waals surface area contributed by atoms with Crippen LogP contribution in [0.15, 0.2) is 60.9 Å². The van der Waals surface area contributed by atoms with Gasteiger partial charge in [0.1, 0.15) is 21.9 Å².